The highest BCUT2D eigenvalue weighted by molar-refractivity contribution is 9.10. The summed E-state index contributed by atoms with van der Waals surface area (Å²) in [5, 5.41) is 12.6. The van der Waals surface area contributed by atoms with Crippen LogP contribution in [-0.2, 0) is 0 Å². The largest absolute Gasteiger partial charge is 0.394 e. The molecule has 1 heterocycles. The van der Waals surface area contributed by atoms with Crippen LogP contribution in [0.1, 0.15) is 19.3 Å². The first kappa shape index (κ1) is 9.93. The Kier molecular flexibility index (Phi) is 2.74. The van der Waals surface area contributed by atoms with Crippen LogP contribution in [0.25, 0.3) is 0 Å². The smallest absolute Gasteiger partial charge is 0.106 e. The number of nitrogens with one attached hydrogen (secondary N) is 1. The van der Waals surface area contributed by atoms with E-state index in [0.29, 0.717) is 0 Å². The van der Waals surface area contributed by atoms with Gasteiger partial charge in [0.15, 0.2) is 0 Å². The van der Waals surface area contributed by atoms with Gasteiger partial charge in [0, 0.05) is 0 Å². The second-order valence-electron chi connectivity index (χ2n) is 3.79. The van der Waals surface area contributed by atoms with Gasteiger partial charge in [0.1, 0.15) is 4.60 Å². The molecule has 2 N–H and O–H groups in total. The molecule has 1 fully saturated rings. The molecule has 0 bridgehead atoms. The number of aromatic nitrogens is 1. The van der Waals surface area contributed by atoms with E-state index < -0.39 is 0 Å². The zero-order valence-electron chi connectivity index (χ0n) is 7.83. The maximum Gasteiger partial charge on any atom is 0.106 e. The third-order valence-corrected chi connectivity index (χ3v) is 3.22. The molecule has 1 aliphatic rings. The van der Waals surface area contributed by atoms with Gasteiger partial charge in [-0.05, 0) is 47.3 Å². The van der Waals surface area contributed by atoms with E-state index in [2.05, 4.69) is 26.2 Å². The van der Waals surface area contributed by atoms with Gasteiger partial charge < -0.3 is 10.4 Å². The van der Waals surface area contributed by atoms with Gasteiger partial charge in [0.05, 0.1) is 24.0 Å². The van der Waals surface area contributed by atoms with E-state index >= 15 is 0 Å². The maximum absolute atomic E-state index is 9.26. The van der Waals surface area contributed by atoms with Gasteiger partial charge in [-0.2, -0.15) is 0 Å². The second kappa shape index (κ2) is 3.87. The minimum Gasteiger partial charge on any atom is -0.394 e. The summed E-state index contributed by atoms with van der Waals surface area (Å²) in [5.74, 6) is 0. The highest BCUT2D eigenvalue weighted by atomic mass is 79.9. The van der Waals surface area contributed by atoms with Crippen molar-refractivity contribution in [2.24, 2.45) is 0 Å². The molecule has 0 atom stereocenters. The van der Waals surface area contributed by atoms with Crippen LogP contribution < -0.4 is 5.32 Å². The first-order chi connectivity index (χ1) is 6.74. The molecule has 0 aliphatic heterocycles. The topological polar surface area (TPSA) is 45.1 Å². The highest BCUT2D eigenvalue weighted by Crippen LogP contribution is 2.34. The molecular formula is C10H13BrN2O. The van der Waals surface area contributed by atoms with E-state index in [0.717, 1.165) is 23.1 Å². The van der Waals surface area contributed by atoms with Crippen LogP contribution in [0.3, 0.4) is 0 Å². The van der Waals surface area contributed by atoms with Crippen LogP contribution in [0.2, 0.25) is 0 Å². The Balaban J connectivity index is 2.06. The highest BCUT2D eigenvalue weighted by Gasteiger charge is 2.36. The molecule has 2 rings (SSSR count). The second-order valence-corrected chi connectivity index (χ2v) is 4.60. The summed E-state index contributed by atoms with van der Waals surface area (Å²) in [5.41, 5.74) is 0.886. The van der Waals surface area contributed by atoms with Crippen molar-refractivity contribution in [3.8, 4) is 0 Å². The molecule has 0 saturated heterocycles. The maximum atomic E-state index is 9.26. The van der Waals surface area contributed by atoms with Crippen LogP contribution in [-0.4, -0.2) is 22.2 Å². The Morgan fingerprint density at radius 3 is 2.71 bits per heavy atom. The van der Waals surface area contributed by atoms with Crippen LogP contribution >= 0.6 is 15.9 Å². The number of rotatable bonds is 3. The summed E-state index contributed by atoms with van der Waals surface area (Å²) in [7, 11) is 0. The Labute approximate surface area is 91.7 Å². The van der Waals surface area contributed by atoms with E-state index in [1.54, 1.807) is 6.20 Å². The number of hydrogen-bond acceptors (Lipinski definition) is 3. The number of aliphatic hydroxyl groups excluding tert-OH is 1. The van der Waals surface area contributed by atoms with E-state index in [4.69, 9.17) is 0 Å². The molecule has 1 aromatic rings. The Morgan fingerprint density at radius 2 is 2.29 bits per heavy atom. The fraction of sp³-hybridized carbons (Fsp3) is 0.500. The lowest BCUT2D eigenvalue weighted by molar-refractivity contribution is 0.144. The quantitative estimate of drug-likeness (QED) is 0.816. The number of pyridine rings is 1. The predicted molar refractivity (Wildman–Crippen MR) is 59.2 cm³/mol. The van der Waals surface area contributed by atoms with Gasteiger partial charge >= 0.3 is 0 Å². The number of hydrogen-bond donors (Lipinski definition) is 2. The average molecular weight is 257 g/mol. The van der Waals surface area contributed by atoms with Gasteiger partial charge in [0.25, 0.3) is 0 Å². The fourth-order valence-electron chi connectivity index (χ4n) is 1.68. The summed E-state index contributed by atoms with van der Waals surface area (Å²) >= 11 is 3.28. The van der Waals surface area contributed by atoms with Crippen molar-refractivity contribution < 1.29 is 5.11 Å². The molecule has 0 amide bonds. The summed E-state index contributed by atoms with van der Waals surface area (Å²) in [6, 6.07) is 3.86. The molecule has 4 heteroatoms. The summed E-state index contributed by atoms with van der Waals surface area (Å²) in [6.07, 6.45) is 5.05. The summed E-state index contributed by atoms with van der Waals surface area (Å²) in [4.78, 5) is 4.13. The molecule has 0 radical (unpaired) electrons. The van der Waals surface area contributed by atoms with Crippen molar-refractivity contribution in [2.45, 2.75) is 24.8 Å². The van der Waals surface area contributed by atoms with Crippen LogP contribution in [0.5, 0.6) is 0 Å². The minimum absolute atomic E-state index is 0.0878. The molecule has 1 aliphatic carbocycles. The predicted octanol–water partition coefficient (Wildman–Crippen LogP) is 2.17. The van der Waals surface area contributed by atoms with Crippen LogP contribution in [0.15, 0.2) is 22.9 Å². The minimum atomic E-state index is -0.0878. The van der Waals surface area contributed by atoms with Crippen molar-refractivity contribution in [3.63, 3.8) is 0 Å². The summed E-state index contributed by atoms with van der Waals surface area (Å²) < 4.78 is 0.828. The molecule has 1 aromatic heterocycles. The van der Waals surface area contributed by atoms with Crippen molar-refractivity contribution >= 4 is 21.6 Å². The SMILES string of the molecule is OCC1(Nc2ccc(Br)nc2)CCC1. The Hall–Kier alpha value is -0.610. The fourth-order valence-corrected chi connectivity index (χ4v) is 1.92. The molecule has 3 nitrogen and oxygen atoms in total. The number of aliphatic hydroxyl groups is 1. The van der Waals surface area contributed by atoms with E-state index in [9.17, 15) is 5.11 Å². The summed E-state index contributed by atoms with van der Waals surface area (Å²) in [6.45, 7) is 0.197. The molecule has 1 saturated carbocycles. The number of halogens is 1. The molecule has 0 spiro atoms. The van der Waals surface area contributed by atoms with Crippen molar-refractivity contribution in [2.75, 3.05) is 11.9 Å². The van der Waals surface area contributed by atoms with Crippen LogP contribution in [0, 0.1) is 0 Å². The average Bonchev–Trinajstić information content (AvgIpc) is 2.15. The third kappa shape index (κ3) is 1.91. The van der Waals surface area contributed by atoms with Crippen molar-refractivity contribution in [1.29, 1.82) is 0 Å². The number of anilines is 1. The van der Waals surface area contributed by atoms with Gasteiger partial charge in [-0.1, -0.05) is 0 Å². The van der Waals surface area contributed by atoms with Gasteiger partial charge in [0.2, 0.25) is 0 Å². The van der Waals surface area contributed by atoms with Crippen LogP contribution in [0.4, 0.5) is 5.69 Å². The molecular weight excluding hydrogens is 244 g/mol. The number of nitrogens with zero attached hydrogens (tertiary/aromatic N) is 1. The first-order valence-electron chi connectivity index (χ1n) is 4.75. The molecule has 0 unspecified atom stereocenters. The van der Waals surface area contributed by atoms with Crippen molar-refractivity contribution in [1.82, 2.24) is 4.98 Å². The normalized spacial score (nSPS) is 18.7. The molecule has 0 aromatic carbocycles. The Bertz CT molecular complexity index is 303. The Morgan fingerprint density at radius 1 is 1.50 bits per heavy atom. The third-order valence-electron chi connectivity index (χ3n) is 2.75. The van der Waals surface area contributed by atoms with Gasteiger partial charge in [-0.25, -0.2) is 4.98 Å². The molecule has 14 heavy (non-hydrogen) atoms. The molecule has 76 valence electrons. The monoisotopic (exact) mass is 256 g/mol. The lowest BCUT2D eigenvalue weighted by Gasteiger charge is -2.41. The standard InChI is InChI=1S/C10H13BrN2O/c11-9-3-2-8(6-12-9)13-10(7-14)4-1-5-10/h2-3,6,13-14H,1,4-5,7H2. The van der Waals surface area contributed by atoms with E-state index in [1.807, 2.05) is 12.1 Å². The van der Waals surface area contributed by atoms with E-state index in [-0.39, 0.29) is 12.1 Å². The lowest BCUT2D eigenvalue weighted by atomic mass is 9.77. The van der Waals surface area contributed by atoms with Gasteiger partial charge in [-0.3, -0.25) is 0 Å². The first-order valence-corrected chi connectivity index (χ1v) is 5.54. The van der Waals surface area contributed by atoms with Gasteiger partial charge in [-0.15, -0.1) is 0 Å². The van der Waals surface area contributed by atoms with E-state index in [1.165, 1.54) is 6.42 Å². The lowest BCUT2D eigenvalue weighted by Crippen LogP contribution is -2.48. The zero-order chi connectivity index (χ0) is 10.0. The van der Waals surface area contributed by atoms with Crippen molar-refractivity contribution in [3.05, 3.63) is 22.9 Å². The zero-order valence-corrected chi connectivity index (χ0v) is 9.42.